The first kappa shape index (κ1) is 10.2. The van der Waals surface area contributed by atoms with Gasteiger partial charge in [-0.3, -0.25) is 4.79 Å². The number of benzene rings is 1. The smallest absolute Gasteiger partial charge is 0.331 e. The fraction of sp³-hybridized carbons (Fsp3) is 0.0909. The molecule has 0 bridgehead atoms. The van der Waals surface area contributed by atoms with Gasteiger partial charge in [0, 0.05) is 6.08 Å². The highest BCUT2D eigenvalue weighted by molar-refractivity contribution is 5.86. The van der Waals surface area contributed by atoms with Crippen LogP contribution in [-0.4, -0.2) is 12.3 Å². The van der Waals surface area contributed by atoms with E-state index in [9.17, 15) is 9.59 Å². The van der Waals surface area contributed by atoms with Gasteiger partial charge in [-0.05, 0) is 11.6 Å². The summed E-state index contributed by atoms with van der Waals surface area (Å²) in [6.45, 7) is 0.225. The molecule has 0 atom stereocenters. The van der Waals surface area contributed by atoms with E-state index in [4.69, 9.17) is 4.74 Å². The van der Waals surface area contributed by atoms with Crippen molar-refractivity contribution in [1.29, 1.82) is 0 Å². The van der Waals surface area contributed by atoms with Gasteiger partial charge in [-0.1, -0.05) is 30.3 Å². The van der Waals surface area contributed by atoms with Gasteiger partial charge >= 0.3 is 5.97 Å². The van der Waals surface area contributed by atoms with Crippen LogP contribution in [0.2, 0.25) is 0 Å². The lowest BCUT2D eigenvalue weighted by Crippen LogP contribution is -2.00. The molecule has 0 radical (unpaired) electrons. The number of hydrogen-bond donors (Lipinski definition) is 0. The number of esters is 1. The summed E-state index contributed by atoms with van der Waals surface area (Å²) in [5, 5.41) is 0. The van der Waals surface area contributed by atoms with Crippen LogP contribution in [-0.2, 0) is 20.9 Å². The van der Waals surface area contributed by atoms with Crippen molar-refractivity contribution in [1.82, 2.24) is 0 Å². The molecular weight excluding hydrogens is 180 g/mol. The lowest BCUT2D eigenvalue weighted by Gasteiger charge is -2.00. The molecule has 0 aliphatic rings. The summed E-state index contributed by atoms with van der Waals surface area (Å²) in [6, 6.07) is 9.33. The van der Waals surface area contributed by atoms with Crippen molar-refractivity contribution in [2.75, 3.05) is 0 Å². The number of aldehydes is 1. The quantitative estimate of drug-likeness (QED) is 0.410. The molecule has 0 aliphatic heterocycles. The summed E-state index contributed by atoms with van der Waals surface area (Å²) < 4.78 is 4.85. The number of ether oxygens (including phenoxy) is 1. The van der Waals surface area contributed by atoms with Crippen LogP contribution in [0.1, 0.15) is 5.56 Å². The van der Waals surface area contributed by atoms with E-state index in [0.717, 1.165) is 17.7 Å². The summed E-state index contributed by atoms with van der Waals surface area (Å²) in [6.07, 6.45) is 2.73. The minimum Gasteiger partial charge on any atom is -0.458 e. The van der Waals surface area contributed by atoms with Crippen molar-refractivity contribution in [3.8, 4) is 0 Å². The van der Waals surface area contributed by atoms with Gasteiger partial charge in [-0.25, -0.2) is 4.79 Å². The van der Waals surface area contributed by atoms with Crippen molar-refractivity contribution >= 4 is 12.3 Å². The molecule has 0 spiro atoms. The van der Waals surface area contributed by atoms with E-state index in [1.807, 2.05) is 30.3 Å². The summed E-state index contributed by atoms with van der Waals surface area (Å²) in [4.78, 5) is 20.8. The number of hydrogen-bond acceptors (Lipinski definition) is 3. The molecule has 0 unspecified atom stereocenters. The zero-order chi connectivity index (χ0) is 10.2. The van der Waals surface area contributed by atoms with E-state index in [2.05, 4.69) is 0 Å². The van der Waals surface area contributed by atoms with Crippen LogP contribution in [0, 0.1) is 0 Å². The Morgan fingerprint density at radius 2 is 2.00 bits per heavy atom. The van der Waals surface area contributed by atoms with Gasteiger partial charge in [0.1, 0.15) is 12.9 Å². The number of allylic oxidation sites excluding steroid dienone is 1. The second kappa shape index (κ2) is 5.70. The van der Waals surface area contributed by atoms with Crippen LogP contribution >= 0.6 is 0 Å². The Labute approximate surface area is 82.0 Å². The standard InChI is InChI=1S/C11H10O3/c12-8-4-7-11(13)14-9-10-5-2-1-3-6-10/h1-8H,9H2/b7-4+. The molecule has 0 saturated heterocycles. The predicted molar refractivity (Wildman–Crippen MR) is 51.4 cm³/mol. The molecule has 0 saturated carbocycles. The number of carbonyl (C=O) groups excluding carboxylic acids is 2. The average molecular weight is 190 g/mol. The van der Waals surface area contributed by atoms with Crippen LogP contribution in [0.3, 0.4) is 0 Å². The van der Waals surface area contributed by atoms with E-state index >= 15 is 0 Å². The van der Waals surface area contributed by atoms with E-state index in [-0.39, 0.29) is 6.61 Å². The molecular formula is C11H10O3. The van der Waals surface area contributed by atoms with Crippen molar-refractivity contribution in [2.45, 2.75) is 6.61 Å². The second-order valence-electron chi connectivity index (χ2n) is 2.59. The normalized spacial score (nSPS) is 10.0. The van der Waals surface area contributed by atoms with Gasteiger partial charge in [0.15, 0.2) is 0 Å². The van der Waals surface area contributed by atoms with Crippen LogP contribution < -0.4 is 0 Å². The maximum atomic E-state index is 10.9. The molecule has 0 amide bonds. The topological polar surface area (TPSA) is 43.4 Å². The highest BCUT2D eigenvalue weighted by Crippen LogP contribution is 2.00. The predicted octanol–water partition coefficient (Wildman–Crippen LogP) is 1.48. The molecule has 0 aliphatic carbocycles. The molecule has 3 nitrogen and oxygen atoms in total. The molecule has 14 heavy (non-hydrogen) atoms. The zero-order valence-corrected chi connectivity index (χ0v) is 7.55. The van der Waals surface area contributed by atoms with Crippen LogP contribution in [0.5, 0.6) is 0 Å². The van der Waals surface area contributed by atoms with Gasteiger partial charge in [0.05, 0.1) is 0 Å². The fourth-order valence-corrected chi connectivity index (χ4v) is 0.895. The minimum atomic E-state index is -0.513. The zero-order valence-electron chi connectivity index (χ0n) is 7.55. The van der Waals surface area contributed by atoms with Gasteiger partial charge in [-0.2, -0.15) is 0 Å². The van der Waals surface area contributed by atoms with Gasteiger partial charge < -0.3 is 4.74 Å². The SMILES string of the molecule is O=C/C=C/C(=O)OCc1ccccc1. The van der Waals surface area contributed by atoms with Gasteiger partial charge in [-0.15, -0.1) is 0 Å². The summed E-state index contributed by atoms with van der Waals surface area (Å²) in [5.74, 6) is -0.513. The molecule has 1 aromatic carbocycles. The van der Waals surface area contributed by atoms with E-state index in [0.29, 0.717) is 6.29 Å². The maximum Gasteiger partial charge on any atom is 0.331 e. The molecule has 3 heteroatoms. The fourth-order valence-electron chi connectivity index (χ4n) is 0.895. The number of rotatable bonds is 4. The molecule has 1 aromatic rings. The summed E-state index contributed by atoms with van der Waals surface area (Å²) in [7, 11) is 0. The van der Waals surface area contributed by atoms with Crippen molar-refractivity contribution in [3.63, 3.8) is 0 Å². The Morgan fingerprint density at radius 3 is 2.64 bits per heavy atom. The molecule has 0 N–H and O–H groups in total. The molecule has 0 heterocycles. The van der Waals surface area contributed by atoms with E-state index < -0.39 is 5.97 Å². The third-order valence-electron chi connectivity index (χ3n) is 1.53. The lowest BCUT2D eigenvalue weighted by molar-refractivity contribution is -0.139. The Balaban J connectivity index is 2.38. The van der Waals surface area contributed by atoms with E-state index in [1.165, 1.54) is 0 Å². The molecule has 1 rings (SSSR count). The van der Waals surface area contributed by atoms with Crippen LogP contribution in [0.4, 0.5) is 0 Å². The first-order valence-corrected chi connectivity index (χ1v) is 4.15. The minimum absolute atomic E-state index is 0.225. The van der Waals surface area contributed by atoms with Gasteiger partial charge in [0.25, 0.3) is 0 Å². The van der Waals surface area contributed by atoms with Crippen LogP contribution in [0.25, 0.3) is 0 Å². The third kappa shape index (κ3) is 3.67. The highest BCUT2D eigenvalue weighted by Gasteiger charge is 1.96. The van der Waals surface area contributed by atoms with Crippen molar-refractivity contribution in [2.24, 2.45) is 0 Å². The second-order valence-corrected chi connectivity index (χ2v) is 2.59. The first-order chi connectivity index (χ1) is 6.83. The van der Waals surface area contributed by atoms with Gasteiger partial charge in [0.2, 0.25) is 0 Å². The summed E-state index contributed by atoms with van der Waals surface area (Å²) >= 11 is 0. The first-order valence-electron chi connectivity index (χ1n) is 4.15. The molecule has 0 aromatic heterocycles. The maximum absolute atomic E-state index is 10.9. The number of carbonyl (C=O) groups is 2. The Hall–Kier alpha value is -1.90. The summed E-state index contributed by atoms with van der Waals surface area (Å²) in [5.41, 5.74) is 0.917. The molecule has 72 valence electrons. The van der Waals surface area contributed by atoms with Crippen molar-refractivity contribution < 1.29 is 14.3 Å². The highest BCUT2D eigenvalue weighted by atomic mass is 16.5. The van der Waals surface area contributed by atoms with Crippen LogP contribution in [0.15, 0.2) is 42.5 Å². The average Bonchev–Trinajstić information content (AvgIpc) is 2.25. The Kier molecular flexibility index (Phi) is 4.14. The largest absolute Gasteiger partial charge is 0.458 e. The monoisotopic (exact) mass is 190 g/mol. The Morgan fingerprint density at radius 1 is 1.29 bits per heavy atom. The Bertz CT molecular complexity index is 328. The lowest BCUT2D eigenvalue weighted by atomic mass is 10.2. The van der Waals surface area contributed by atoms with E-state index in [1.54, 1.807) is 0 Å². The van der Waals surface area contributed by atoms with Crippen molar-refractivity contribution in [3.05, 3.63) is 48.0 Å². The third-order valence-corrected chi connectivity index (χ3v) is 1.53. The molecule has 0 fully saturated rings.